The van der Waals surface area contributed by atoms with Crippen LogP contribution in [-0.2, 0) is 16.0 Å². The smallest absolute Gasteiger partial charge is 0.252 e. The van der Waals surface area contributed by atoms with Crippen molar-refractivity contribution in [3.05, 3.63) is 47.5 Å². The molecular formula is C33H48N2O2. The zero-order valence-electron chi connectivity index (χ0n) is 23.8. The Kier molecular flexibility index (Phi) is 6.59. The predicted octanol–water partition coefficient (Wildman–Crippen LogP) is 5.96. The van der Waals surface area contributed by atoms with Crippen LogP contribution in [-0.4, -0.2) is 61.6 Å². The molecule has 1 heterocycles. The number of nitrogens with zero attached hydrogens (tertiary/aromatic N) is 2. The van der Waals surface area contributed by atoms with Gasteiger partial charge in [0.25, 0.3) is 5.91 Å². The number of amides is 1. The summed E-state index contributed by atoms with van der Waals surface area (Å²) in [5, 5.41) is 0. The number of hydrogen-bond acceptors (Lipinski definition) is 3. The second kappa shape index (κ2) is 9.52. The van der Waals surface area contributed by atoms with Crippen LogP contribution in [0.15, 0.2) is 42.0 Å². The van der Waals surface area contributed by atoms with Crippen LogP contribution in [0.1, 0.15) is 70.8 Å². The summed E-state index contributed by atoms with van der Waals surface area (Å²) in [5.41, 5.74) is 3.73. The molecule has 37 heavy (non-hydrogen) atoms. The van der Waals surface area contributed by atoms with Crippen molar-refractivity contribution in [2.75, 3.05) is 27.7 Å². The summed E-state index contributed by atoms with van der Waals surface area (Å²) in [6.45, 7) is 6.41. The highest BCUT2D eigenvalue weighted by atomic mass is 16.5. The molecule has 5 aliphatic rings. The van der Waals surface area contributed by atoms with Gasteiger partial charge in [0.2, 0.25) is 0 Å². The molecule has 6 rings (SSSR count). The Morgan fingerprint density at radius 3 is 2.62 bits per heavy atom. The fourth-order valence-corrected chi connectivity index (χ4v) is 10.3. The largest absolute Gasteiger partial charge is 0.371 e. The number of hydrogen-bond donors (Lipinski definition) is 0. The van der Waals surface area contributed by atoms with Gasteiger partial charge in [-0.25, -0.2) is 0 Å². The van der Waals surface area contributed by atoms with Crippen molar-refractivity contribution in [3.8, 4) is 0 Å². The molecule has 9 unspecified atom stereocenters. The lowest BCUT2D eigenvalue weighted by atomic mass is 9.47. The van der Waals surface area contributed by atoms with Gasteiger partial charge in [-0.2, -0.15) is 0 Å². The standard InChI is InChI=1S/C33H48N2O2/c1-22-27-13-14-29-26-12-11-24-20-25(35(4)31(36)30(37-5)19-23-9-7-6-8-10-23)15-17-32(24,2)28(26)16-18-33(27,29)21-34(22)3/h6-11,22,25-30H,12-21H2,1-5H3. The Morgan fingerprint density at radius 2 is 1.86 bits per heavy atom. The Balaban J connectivity index is 1.17. The summed E-state index contributed by atoms with van der Waals surface area (Å²) in [5.74, 6) is 3.66. The van der Waals surface area contributed by atoms with Crippen LogP contribution >= 0.6 is 0 Å². The van der Waals surface area contributed by atoms with Crippen molar-refractivity contribution in [2.45, 2.75) is 89.8 Å². The molecule has 0 aromatic heterocycles. The molecule has 4 aliphatic carbocycles. The molecule has 1 aromatic carbocycles. The lowest BCUT2D eigenvalue weighted by molar-refractivity contribution is -0.143. The van der Waals surface area contributed by atoms with Crippen LogP contribution in [0.5, 0.6) is 0 Å². The zero-order valence-corrected chi connectivity index (χ0v) is 23.8. The second-order valence-electron chi connectivity index (χ2n) is 13.6. The number of carbonyl (C=O) groups is 1. The normalized spacial score (nSPS) is 41.7. The lowest BCUT2D eigenvalue weighted by Gasteiger charge is -2.58. The van der Waals surface area contributed by atoms with Crippen molar-refractivity contribution < 1.29 is 9.53 Å². The van der Waals surface area contributed by atoms with E-state index in [1.54, 1.807) is 12.7 Å². The lowest BCUT2D eigenvalue weighted by Crippen LogP contribution is -2.53. The van der Waals surface area contributed by atoms with E-state index >= 15 is 0 Å². The molecular weight excluding hydrogens is 456 g/mol. The quantitative estimate of drug-likeness (QED) is 0.464. The number of fused-ring (bicyclic) bond motifs is 4. The number of carbonyl (C=O) groups excluding carboxylic acids is 1. The fraction of sp³-hybridized carbons (Fsp3) is 0.727. The molecule has 1 saturated heterocycles. The Bertz CT molecular complexity index is 1040. The number of likely N-dealkylation sites (N-methyl/N-ethyl adjacent to an activating group) is 1. The minimum Gasteiger partial charge on any atom is -0.371 e. The first kappa shape index (κ1) is 25.6. The van der Waals surface area contributed by atoms with E-state index in [1.165, 1.54) is 45.1 Å². The summed E-state index contributed by atoms with van der Waals surface area (Å²) in [6, 6.07) is 11.3. The number of allylic oxidation sites excluding steroid dienone is 1. The summed E-state index contributed by atoms with van der Waals surface area (Å²) < 4.78 is 5.70. The summed E-state index contributed by atoms with van der Waals surface area (Å²) in [7, 11) is 6.06. The topological polar surface area (TPSA) is 32.8 Å². The highest BCUT2D eigenvalue weighted by Gasteiger charge is 2.64. The van der Waals surface area contributed by atoms with Gasteiger partial charge in [0.15, 0.2) is 0 Å². The number of benzene rings is 1. The Morgan fingerprint density at radius 1 is 1.11 bits per heavy atom. The van der Waals surface area contributed by atoms with E-state index < -0.39 is 6.10 Å². The maximum Gasteiger partial charge on any atom is 0.252 e. The van der Waals surface area contributed by atoms with Crippen molar-refractivity contribution in [1.29, 1.82) is 0 Å². The fourth-order valence-electron chi connectivity index (χ4n) is 10.3. The highest BCUT2D eigenvalue weighted by molar-refractivity contribution is 5.81. The average Bonchev–Trinajstić information content (AvgIpc) is 3.40. The molecule has 1 aliphatic heterocycles. The van der Waals surface area contributed by atoms with Gasteiger partial charge in [-0.05, 0) is 105 Å². The van der Waals surface area contributed by atoms with E-state index in [0.29, 0.717) is 17.3 Å². The van der Waals surface area contributed by atoms with Crippen molar-refractivity contribution in [3.63, 3.8) is 0 Å². The maximum absolute atomic E-state index is 13.5. The molecule has 1 aromatic rings. The molecule has 4 heteroatoms. The predicted molar refractivity (Wildman–Crippen MR) is 149 cm³/mol. The van der Waals surface area contributed by atoms with E-state index in [9.17, 15) is 4.79 Å². The van der Waals surface area contributed by atoms with Crippen LogP contribution in [0.4, 0.5) is 0 Å². The zero-order chi connectivity index (χ0) is 25.9. The number of likely N-dealkylation sites (tertiary alicyclic amines) is 1. The van der Waals surface area contributed by atoms with Gasteiger partial charge in [-0.3, -0.25) is 4.79 Å². The molecule has 0 bridgehead atoms. The van der Waals surface area contributed by atoms with Gasteiger partial charge in [0.1, 0.15) is 6.10 Å². The molecule has 0 radical (unpaired) electrons. The van der Waals surface area contributed by atoms with E-state index in [4.69, 9.17) is 4.74 Å². The minimum atomic E-state index is -0.415. The van der Waals surface area contributed by atoms with Gasteiger partial charge in [-0.1, -0.05) is 48.9 Å². The number of methoxy groups -OCH3 is 1. The molecule has 4 nitrogen and oxygen atoms in total. The third-order valence-electron chi connectivity index (χ3n) is 12.4. The summed E-state index contributed by atoms with van der Waals surface area (Å²) in [6.07, 6.45) is 13.3. The van der Waals surface area contributed by atoms with E-state index in [-0.39, 0.29) is 11.9 Å². The van der Waals surface area contributed by atoms with Gasteiger partial charge in [-0.15, -0.1) is 0 Å². The van der Waals surface area contributed by atoms with Gasteiger partial charge >= 0.3 is 0 Å². The summed E-state index contributed by atoms with van der Waals surface area (Å²) in [4.78, 5) is 18.2. The number of rotatable bonds is 5. The second-order valence-corrected chi connectivity index (χ2v) is 13.6. The van der Waals surface area contributed by atoms with Gasteiger partial charge < -0.3 is 14.5 Å². The Hall–Kier alpha value is -1.65. The molecule has 0 N–H and O–H groups in total. The molecule has 1 amide bonds. The van der Waals surface area contributed by atoms with E-state index in [2.05, 4.69) is 44.0 Å². The average molecular weight is 505 g/mol. The third kappa shape index (κ3) is 3.95. The molecule has 3 saturated carbocycles. The van der Waals surface area contributed by atoms with Gasteiger partial charge in [0, 0.05) is 39.2 Å². The van der Waals surface area contributed by atoms with Crippen LogP contribution < -0.4 is 0 Å². The van der Waals surface area contributed by atoms with E-state index in [0.717, 1.165) is 48.1 Å². The number of ether oxygens (including phenoxy) is 1. The van der Waals surface area contributed by atoms with Crippen molar-refractivity contribution in [1.82, 2.24) is 9.80 Å². The molecule has 9 atom stereocenters. The first-order chi connectivity index (χ1) is 17.8. The van der Waals surface area contributed by atoms with Crippen LogP contribution in [0, 0.1) is 34.5 Å². The van der Waals surface area contributed by atoms with Crippen molar-refractivity contribution in [2.24, 2.45) is 34.5 Å². The first-order valence-corrected chi connectivity index (χ1v) is 15.0. The van der Waals surface area contributed by atoms with Gasteiger partial charge in [0.05, 0.1) is 0 Å². The Labute approximate surface area is 224 Å². The first-order valence-electron chi connectivity index (χ1n) is 15.0. The minimum absolute atomic E-state index is 0.130. The molecule has 4 fully saturated rings. The highest BCUT2D eigenvalue weighted by Crippen LogP contribution is 2.68. The van der Waals surface area contributed by atoms with Crippen LogP contribution in [0.2, 0.25) is 0 Å². The monoisotopic (exact) mass is 504 g/mol. The van der Waals surface area contributed by atoms with E-state index in [1.807, 2.05) is 30.1 Å². The summed E-state index contributed by atoms with van der Waals surface area (Å²) >= 11 is 0. The van der Waals surface area contributed by atoms with Crippen LogP contribution in [0.3, 0.4) is 0 Å². The SMILES string of the molecule is COC(Cc1ccccc1)C(=O)N(C)C1CCC2(C)C(=CCC3C2CCC24CN(C)C(C)C2CCC34)C1. The molecule has 1 spiro atoms. The van der Waals surface area contributed by atoms with Crippen molar-refractivity contribution >= 4 is 5.91 Å². The third-order valence-corrected chi connectivity index (χ3v) is 12.4. The molecule has 202 valence electrons. The maximum atomic E-state index is 13.5. The van der Waals surface area contributed by atoms with Crippen LogP contribution in [0.25, 0.3) is 0 Å².